The van der Waals surface area contributed by atoms with E-state index in [1.54, 1.807) is 17.6 Å². The van der Waals surface area contributed by atoms with Crippen molar-refractivity contribution in [1.82, 2.24) is 4.98 Å². The first-order valence-corrected chi connectivity index (χ1v) is 6.57. The van der Waals surface area contributed by atoms with Gasteiger partial charge in [-0.2, -0.15) is 0 Å². The van der Waals surface area contributed by atoms with E-state index in [4.69, 9.17) is 9.52 Å². The molecular weight excluding hydrogens is 246 g/mol. The van der Waals surface area contributed by atoms with E-state index in [9.17, 15) is 4.79 Å². The summed E-state index contributed by atoms with van der Waals surface area (Å²) in [6.45, 7) is 0. The first-order valence-electron chi connectivity index (χ1n) is 4.53. The topological polar surface area (TPSA) is 63.3 Å². The van der Waals surface area contributed by atoms with E-state index in [1.807, 2.05) is 17.5 Å². The Bertz CT molecular complexity index is 464. The smallest absolute Gasteiger partial charge is 0.313 e. The van der Waals surface area contributed by atoms with Crippen molar-refractivity contribution in [1.29, 1.82) is 0 Å². The lowest BCUT2D eigenvalue weighted by Gasteiger charge is -1.92. The third kappa shape index (κ3) is 2.86. The lowest BCUT2D eigenvalue weighted by Crippen LogP contribution is -1.98. The van der Waals surface area contributed by atoms with Crippen LogP contribution in [0.1, 0.15) is 5.69 Å². The third-order valence-electron chi connectivity index (χ3n) is 1.76. The van der Waals surface area contributed by atoms with Crippen LogP contribution in [0.25, 0.3) is 10.8 Å². The lowest BCUT2D eigenvalue weighted by molar-refractivity contribution is -0.133. The summed E-state index contributed by atoms with van der Waals surface area (Å²) in [7, 11) is 0. The van der Waals surface area contributed by atoms with Gasteiger partial charge in [-0.3, -0.25) is 4.79 Å². The van der Waals surface area contributed by atoms with Crippen molar-refractivity contribution in [2.45, 2.75) is 5.75 Å². The number of carboxylic acid groups (broad SMARTS) is 1. The number of nitrogens with zero attached hydrogens (tertiary/aromatic N) is 1. The van der Waals surface area contributed by atoms with Gasteiger partial charge >= 0.3 is 5.97 Å². The second-order valence-corrected chi connectivity index (χ2v) is 4.94. The van der Waals surface area contributed by atoms with Crippen LogP contribution in [0.2, 0.25) is 0 Å². The maximum Gasteiger partial charge on any atom is 0.313 e. The summed E-state index contributed by atoms with van der Waals surface area (Å²) in [6.07, 6.45) is 1.57. The molecule has 16 heavy (non-hydrogen) atoms. The molecule has 0 saturated heterocycles. The molecule has 84 valence electrons. The Morgan fingerprint density at radius 3 is 3.19 bits per heavy atom. The van der Waals surface area contributed by atoms with E-state index in [2.05, 4.69) is 4.98 Å². The van der Waals surface area contributed by atoms with Gasteiger partial charge in [-0.15, -0.1) is 23.1 Å². The Balaban J connectivity index is 1.95. The maximum atomic E-state index is 10.3. The minimum atomic E-state index is -0.813. The second-order valence-electron chi connectivity index (χ2n) is 3.01. The number of hydrogen-bond acceptors (Lipinski definition) is 5. The standard InChI is InChI=1S/C10H9NO3S2/c12-9(13)6-15-5-7-4-14-10(11-7)8-2-1-3-16-8/h1-4H,5-6H2,(H,12,13). The fraction of sp³-hybridized carbons (Fsp3) is 0.200. The molecule has 1 N–H and O–H groups in total. The summed E-state index contributed by atoms with van der Waals surface area (Å²) >= 11 is 2.87. The number of rotatable bonds is 5. The van der Waals surface area contributed by atoms with Gasteiger partial charge in [-0.05, 0) is 11.4 Å². The molecule has 0 bridgehead atoms. The van der Waals surface area contributed by atoms with Gasteiger partial charge in [0.2, 0.25) is 5.89 Å². The predicted molar refractivity (Wildman–Crippen MR) is 63.6 cm³/mol. The van der Waals surface area contributed by atoms with Crippen LogP contribution in [-0.4, -0.2) is 21.8 Å². The van der Waals surface area contributed by atoms with Crippen molar-refractivity contribution in [3.63, 3.8) is 0 Å². The number of aliphatic carboxylic acids is 1. The molecule has 0 amide bonds. The molecule has 0 saturated carbocycles. The Morgan fingerprint density at radius 1 is 1.62 bits per heavy atom. The number of carboxylic acids is 1. The fourth-order valence-electron chi connectivity index (χ4n) is 1.13. The summed E-state index contributed by atoms with van der Waals surface area (Å²) < 4.78 is 5.31. The highest BCUT2D eigenvalue weighted by molar-refractivity contribution is 7.99. The van der Waals surface area contributed by atoms with Crippen LogP contribution >= 0.6 is 23.1 Å². The molecule has 2 heterocycles. The molecule has 0 radical (unpaired) electrons. The molecule has 0 aliphatic heterocycles. The Hall–Kier alpha value is -1.27. The molecule has 4 nitrogen and oxygen atoms in total. The number of carbonyl (C=O) groups is 1. The monoisotopic (exact) mass is 255 g/mol. The van der Waals surface area contributed by atoms with Gasteiger partial charge in [0.05, 0.1) is 16.3 Å². The molecule has 0 spiro atoms. The third-order valence-corrected chi connectivity index (χ3v) is 3.57. The molecule has 0 aliphatic carbocycles. The summed E-state index contributed by atoms with van der Waals surface area (Å²) in [5, 5.41) is 10.4. The van der Waals surface area contributed by atoms with Crippen LogP contribution < -0.4 is 0 Å². The van der Waals surface area contributed by atoms with E-state index in [0.717, 1.165) is 10.6 Å². The van der Waals surface area contributed by atoms with Crippen LogP contribution in [0.15, 0.2) is 28.2 Å². The van der Waals surface area contributed by atoms with Gasteiger partial charge in [0.15, 0.2) is 0 Å². The number of thiophene rings is 1. The zero-order valence-electron chi connectivity index (χ0n) is 8.25. The molecule has 0 aromatic carbocycles. The molecule has 0 unspecified atom stereocenters. The molecular formula is C10H9NO3S2. The molecule has 0 aliphatic rings. The molecule has 6 heteroatoms. The van der Waals surface area contributed by atoms with Crippen LogP contribution in [0.4, 0.5) is 0 Å². The Kier molecular flexibility index (Phi) is 3.63. The highest BCUT2D eigenvalue weighted by Crippen LogP contribution is 2.24. The highest BCUT2D eigenvalue weighted by atomic mass is 32.2. The molecule has 0 fully saturated rings. The Morgan fingerprint density at radius 2 is 2.50 bits per heavy atom. The average Bonchev–Trinajstić information content (AvgIpc) is 2.85. The van der Waals surface area contributed by atoms with Crippen LogP contribution in [-0.2, 0) is 10.5 Å². The van der Waals surface area contributed by atoms with Crippen molar-refractivity contribution in [3.05, 3.63) is 29.5 Å². The summed E-state index contributed by atoms with van der Waals surface area (Å²) in [5.74, 6) is 0.426. The van der Waals surface area contributed by atoms with Crippen molar-refractivity contribution in [2.75, 3.05) is 5.75 Å². The summed E-state index contributed by atoms with van der Waals surface area (Å²) in [5.41, 5.74) is 0.773. The van der Waals surface area contributed by atoms with Crippen molar-refractivity contribution in [3.8, 4) is 10.8 Å². The number of hydrogen-bond donors (Lipinski definition) is 1. The molecule has 2 aromatic rings. The van der Waals surface area contributed by atoms with E-state index in [0.29, 0.717) is 11.6 Å². The fourth-order valence-corrected chi connectivity index (χ4v) is 2.40. The number of aromatic nitrogens is 1. The van der Waals surface area contributed by atoms with Crippen molar-refractivity contribution >= 4 is 29.1 Å². The van der Waals surface area contributed by atoms with Gasteiger partial charge in [0, 0.05) is 5.75 Å². The summed E-state index contributed by atoms with van der Waals surface area (Å²) in [6, 6.07) is 3.87. The zero-order valence-corrected chi connectivity index (χ0v) is 9.88. The second kappa shape index (κ2) is 5.18. The Labute approximate surface area is 100 Å². The lowest BCUT2D eigenvalue weighted by atomic mass is 10.5. The highest BCUT2D eigenvalue weighted by Gasteiger charge is 2.07. The first-order chi connectivity index (χ1) is 7.75. The quantitative estimate of drug-likeness (QED) is 0.890. The van der Waals surface area contributed by atoms with Crippen LogP contribution in [0, 0.1) is 0 Å². The number of thioether (sulfide) groups is 1. The van der Waals surface area contributed by atoms with Crippen molar-refractivity contribution < 1.29 is 14.3 Å². The van der Waals surface area contributed by atoms with Gasteiger partial charge in [-0.1, -0.05) is 6.07 Å². The molecule has 0 atom stereocenters. The largest absolute Gasteiger partial charge is 0.481 e. The minimum absolute atomic E-state index is 0.0845. The van der Waals surface area contributed by atoms with E-state index in [-0.39, 0.29) is 5.75 Å². The van der Waals surface area contributed by atoms with Crippen molar-refractivity contribution in [2.24, 2.45) is 0 Å². The van der Waals surface area contributed by atoms with Crippen LogP contribution in [0.3, 0.4) is 0 Å². The molecule has 2 aromatic heterocycles. The minimum Gasteiger partial charge on any atom is -0.481 e. The first kappa shape index (κ1) is 11.2. The normalized spacial score (nSPS) is 10.5. The molecule has 2 rings (SSSR count). The number of oxazole rings is 1. The van der Waals surface area contributed by atoms with Gasteiger partial charge in [0.1, 0.15) is 6.26 Å². The average molecular weight is 255 g/mol. The van der Waals surface area contributed by atoms with E-state index in [1.165, 1.54) is 11.8 Å². The van der Waals surface area contributed by atoms with Gasteiger partial charge in [-0.25, -0.2) is 4.98 Å². The van der Waals surface area contributed by atoms with Gasteiger partial charge in [0.25, 0.3) is 0 Å². The van der Waals surface area contributed by atoms with E-state index < -0.39 is 5.97 Å². The predicted octanol–water partition coefficient (Wildman–Crippen LogP) is 2.72. The maximum absolute atomic E-state index is 10.3. The zero-order chi connectivity index (χ0) is 11.4. The van der Waals surface area contributed by atoms with E-state index >= 15 is 0 Å². The van der Waals surface area contributed by atoms with Crippen LogP contribution in [0.5, 0.6) is 0 Å². The SMILES string of the molecule is O=C(O)CSCc1coc(-c2cccs2)n1. The summed E-state index contributed by atoms with van der Waals surface area (Å²) in [4.78, 5) is 15.6. The van der Waals surface area contributed by atoms with Gasteiger partial charge < -0.3 is 9.52 Å².